The van der Waals surface area contributed by atoms with Crippen molar-refractivity contribution in [2.75, 3.05) is 13.7 Å². The molecule has 0 spiro atoms. The molecule has 0 aromatic rings. The molecule has 1 fully saturated rings. The van der Waals surface area contributed by atoms with Crippen LogP contribution in [0.1, 0.15) is 0 Å². The fourth-order valence-corrected chi connectivity index (χ4v) is 1.10. The Hall–Kier alpha value is -0.200. The van der Waals surface area contributed by atoms with Gasteiger partial charge in [-0.2, -0.15) is 0 Å². The first-order valence-electron chi connectivity index (χ1n) is 3.43. The molecule has 0 radical (unpaired) electrons. The van der Waals surface area contributed by atoms with Crippen LogP contribution in [0.3, 0.4) is 0 Å². The first kappa shape index (κ1) is 8.89. The third-order valence-electron chi connectivity index (χ3n) is 1.82. The maximum absolute atomic E-state index is 9.27. The van der Waals surface area contributed by atoms with E-state index in [0.29, 0.717) is 0 Å². The Labute approximate surface area is 64.7 Å². The second kappa shape index (κ2) is 3.46. The quantitative estimate of drug-likeness (QED) is 0.440. The number of hydrogen-bond acceptors (Lipinski definition) is 5. The Bertz CT molecular complexity index is 114. The van der Waals surface area contributed by atoms with Crippen LogP contribution in [0.5, 0.6) is 0 Å². The summed E-state index contributed by atoms with van der Waals surface area (Å²) in [5.41, 5.74) is 5.48. The van der Waals surface area contributed by atoms with Crippen LogP contribution in [-0.2, 0) is 9.47 Å². The number of hydrogen-bond donors (Lipinski definition) is 3. The van der Waals surface area contributed by atoms with E-state index in [-0.39, 0.29) is 6.61 Å². The maximum Gasteiger partial charge on any atom is 0.185 e. The van der Waals surface area contributed by atoms with Gasteiger partial charge in [0.2, 0.25) is 0 Å². The van der Waals surface area contributed by atoms with Gasteiger partial charge in [0, 0.05) is 7.11 Å². The van der Waals surface area contributed by atoms with Gasteiger partial charge in [-0.1, -0.05) is 0 Å². The van der Waals surface area contributed by atoms with Crippen LogP contribution in [0.2, 0.25) is 0 Å². The van der Waals surface area contributed by atoms with Crippen molar-refractivity contribution in [1.29, 1.82) is 0 Å². The SMILES string of the molecule is COC1OC(CO)C(N)C1O. The van der Waals surface area contributed by atoms with Gasteiger partial charge >= 0.3 is 0 Å². The van der Waals surface area contributed by atoms with Crippen LogP contribution >= 0.6 is 0 Å². The van der Waals surface area contributed by atoms with Crippen LogP contribution in [0, 0.1) is 0 Å². The number of ether oxygens (including phenoxy) is 2. The lowest BCUT2D eigenvalue weighted by molar-refractivity contribution is -0.153. The van der Waals surface area contributed by atoms with E-state index in [1.54, 1.807) is 0 Å². The van der Waals surface area contributed by atoms with Crippen LogP contribution < -0.4 is 5.73 Å². The molecule has 1 rings (SSSR count). The molecule has 4 unspecified atom stereocenters. The molecule has 0 saturated carbocycles. The highest BCUT2D eigenvalue weighted by Gasteiger charge is 2.41. The molecule has 0 aromatic carbocycles. The largest absolute Gasteiger partial charge is 0.394 e. The summed E-state index contributed by atoms with van der Waals surface area (Å²) in [7, 11) is 1.42. The molecule has 0 aliphatic carbocycles. The van der Waals surface area contributed by atoms with Gasteiger partial charge in [-0.3, -0.25) is 0 Å². The predicted octanol–water partition coefficient (Wildman–Crippen LogP) is -1.96. The van der Waals surface area contributed by atoms with Gasteiger partial charge in [-0.15, -0.1) is 0 Å². The third-order valence-corrected chi connectivity index (χ3v) is 1.82. The van der Waals surface area contributed by atoms with Gasteiger partial charge in [0.05, 0.1) is 12.6 Å². The minimum Gasteiger partial charge on any atom is -0.394 e. The minimum absolute atomic E-state index is 0.196. The lowest BCUT2D eigenvalue weighted by atomic mass is 10.1. The molecule has 5 nitrogen and oxygen atoms in total. The number of aliphatic hydroxyl groups excluding tert-OH is 2. The summed E-state index contributed by atoms with van der Waals surface area (Å²) in [6.07, 6.45) is -2.07. The summed E-state index contributed by atoms with van der Waals surface area (Å²) >= 11 is 0. The average Bonchev–Trinajstić information content (AvgIpc) is 2.30. The van der Waals surface area contributed by atoms with Crippen molar-refractivity contribution < 1.29 is 19.7 Å². The highest BCUT2D eigenvalue weighted by molar-refractivity contribution is 4.89. The van der Waals surface area contributed by atoms with Crippen molar-refractivity contribution in [3.05, 3.63) is 0 Å². The van der Waals surface area contributed by atoms with Crippen molar-refractivity contribution in [3.8, 4) is 0 Å². The number of aliphatic hydroxyl groups is 2. The predicted molar refractivity (Wildman–Crippen MR) is 36.7 cm³/mol. The van der Waals surface area contributed by atoms with Gasteiger partial charge in [-0.05, 0) is 0 Å². The molecule has 4 N–H and O–H groups in total. The second-order valence-corrected chi connectivity index (χ2v) is 2.53. The zero-order chi connectivity index (χ0) is 8.43. The first-order chi connectivity index (χ1) is 5.20. The summed E-state index contributed by atoms with van der Waals surface area (Å²) < 4.78 is 9.80. The molecular formula is C6H13NO4. The smallest absolute Gasteiger partial charge is 0.185 e. The van der Waals surface area contributed by atoms with Crippen molar-refractivity contribution >= 4 is 0 Å². The second-order valence-electron chi connectivity index (χ2n) is 2.53. The molecule has 11 heavy (non-hydrogen) atoms. The van der Waals surface area contributed by atoms with Crippen molar-refractivity contribution in [1.82, 2.24) is 0 Å². The zero-order valence-corrected chi connectivity index (χ0v) is 6.30. The molecule has 1 heterocycles. The van der Waals surface area contributed by atoms with E-state index >= 15 is 0 Å². The highest BCUT2D eigenvalue weighted by Crippen LogP contribution is 2.19. The van der Waals surface area contributed by atoms with Gasteiger partial charge in [0.1, 0.15) is 12.2 Å². The monoisotopic (exact) mass is 163 g/mol. The van der Waals surface area contributed by atoms with Crippen LogP contribution in [0.15, 0.2) is 0 Å². The summed E-state index contributed by atoms with van der Waals surface area (Å²) in [5.74, 6) is 0. The average molecular weight is 163 g/mol. The maximum atomic E-state index is 9.27. The Kier molecular flexibility index (Phi) is 2.80. The Morgan fingerprint density at radius 1 is 1.64 bits per heavy atom. The van der Waals surface area contributed by atoms with Gasteiger partial charge in [-0.25, -0.2) is 0 Å². The third kappa shape index (κ3) is 1.52. The summed E-state index contributed by atoms with van der Waals surface area (Å²) in [6, 6.07) is -0.565. The van der Waals surface area contributed by atoms with Gasteiger partial charge in [0.15, 0.2) is 6.29 Å². The van der Waals surface area contributed by atoms with Crippen LogP contribution in [0.25, 0.3) is 0 Å². The molecule has 1 aliphatic rings. The molecular weight excluding hydrogens is 150 g/mol. The van der Waals surface area contributed by atoms with E-state index in [4.69, 9.17) is 20.3 Å². The number of rotatable bonds is 2. The molecule has 0 bridgehead atoms. The van der Waals surface area contributed by atoms with Crippen molar-refractivity contribution in [2.45, 2.75) is 24.5 Å². The summed E-state index contributed by atoms with van der Waals surface area (Å²) in [4.78, 5) is 0. The lowest BCUT2D eigenvalue weighted by Gasteiger charge is -2.12. The molecule has 66 valence electrons. The molecule has 5 heteroatoms. The number of methoxy groups -OCH3 is 1. The fourth-order valence-electron chi connectivity index (χ4n) is 1.10. The normalized spacial score (nSPS) is 44.7. The van der Waals surface area contributed by atoms with Crippen LogP contribution in [0.4, 0.5) is 0 Å². The lowest BCUT2D eigenvalue weighted by Crippen LogP contribution is -2.41. The molecule has 1 aliphatic heterocycles. The summed E-state index contributed by atoms with van der Waals surface area (Å²) in [6.45, 7) is -0.196. The Balaban J connectivity index is 2.53. The fraction of sp³-hybridized carbons (Fsp3) is 1.00. The van der Waals surface area contributed by atoms with E-state index in [0.717, 1.165) is 0 Å². The van der Waals surface area contributed by atoms with Gasteiger partial charge in [0.25, 0.3) is 0 Å². The number of nitrogens with two attached hydrogens (primary N) is 1. The topological polar surface area (TPSA) is 84.9 Å². The van der Waals surface area contributed by atoms with E-state index < -0.39 is 24.5 Å². The van der Waals surface area contributed by atoms with Crippen molar-refractivity contribution in [2.24, 2.45) is 5.73 Å². The first-order valence-corrected chi connectivity index (χ1v) is 3.43. The van der Waals surface area contributed by atoms with E-state index in [2.05, 4.69) is 0 Å². The molecule has 0 amide bonds. The van der Waals surface area contributed by atoms with Crippen LogP contribution in [-0.4, -0.2) is 48.5 Å². The molecule has 0 aromatic heterocycles. The standard InChI is InChI=1S/C6H13NO4/c1-10-6-5(9)4(7)3(2-8)11-6/h3-6,8-9H,2,7H2,1H3. The summed E-state index contributed by atoms with van der Waals surface area (Å²) in [5, 5.41) is 18.0. The Morgan fingerprint density at radius 3 is 2.55 bits per heavy atom. The molecule has 1 saturated heterocycles. The minimum atomic E-state index is -0.850. The van der Waals surface area contributed by atoms with E-state index in [1.165, 1.54) is 7.11 Å². The van der Waals surface area contributed by atoms with Gasteiger partial charge < -0.3 is 25.4 Å². The highest BCUT2D eigenvalue weighted by atomic mass is 16.7. The molecule has 4 atom stereocenters. The van der Waals surface area contributed by atoms with E-state index in [9.17, 15) is 5.11 Å². The van der Waals surface area contributed by atoms with Crippen molar-refractivity contribution in [3.63, 3.8) is 0 Å². The zero-order valence-electron chi connectivity index (χ0n) is 6.30. The Morgan fingerprint density at radius 2 is 2.27 bits per heavy atom. The van der Waals surface area contributed by atoms with E-state index in [1.807, 2.05) is 0 Å².